The fraction of sp³-hybridized carbons (Fsp3) is 0.733. The Hall–Kier alpha value is -0.380. The molecular formula is C15H25NOS. The molecule has 1 aromatic rings. The smallest absolute Gasteiger partial charge is 0.0876 e. The molecule has 1 aliphatic heterocycles. The molecule has 18 heavy (non-hydrogen) atoms. The van der Waals surface area contributed by atoms with Crippen molar-refractivity contribution in [1.29, 1.82) is 0 Å². The molecule has 0 amide bonds. The van der Waals surface area contributed by atoms with Crippen molar-refractivity contribution in [1.82, 2.24) is 5.32 Å². The lowest BCUT2D eigenvalue weighted by Crippen LogP contribution is -2.28. The van der Waals surface area contributed by atoms with Crippen LogP contribution in [-0.4, -0.2) is 19.7 Å². The van der Waals surface area contributed by atoms with Gasteiger partial charge in [-0.1, -0.05) is 13.8 Å². The van der Waals surface area contributed by atoms with E-state index in [1.54, 1.807) is 0 Å². The number of thiophene rings is 1. The molecule has 0 bridgehead atoms. The first kappa shape index (κ1) is 14.0. The van der Waals surface area contributed by atoms with Crippen LogP contribution in [0.2, 0.25) is 0 Å². The lowest BCUT2D eigenvalue weighted by Gasteiger charge is -2.19. The summed E-state index contributed by atoms with van der Waals surface area (Å²) in [5, 5.41) is 3.58. The van der Waals surface area contributed by atoms with E-state index in [0.29, 0.717) is 12.0 Å². The third-order valence-corrected chi connectivity index (χ3v) is 4.54. The molecule has 2 heterocycles. The van der Waals surface area contributed by atoms with Crippen LogP contribution in [-0.2, 0) is 4.74 Å². The summed E-state index contributed by atoms with van der Waals surface area (Å²) >= 11 is 1.89. The second kappa shape index (κ2) is 6.18. The summed E-state index contributed by atoms with van der Waals surface area (Å²) in [5.74, 6) is 1.35. The van der Waals surface area contributed by atoms with E-state index in [1.165, 1.54) is 21.7 Å². The molecule has 0 aliphatic carbocycles. The van der Waals surface area contributed by atoms with Crippen molar-refractivity contribution in [2.24, 2.45) is 11.8 Å². The summed E-state index contributed by atoms with van der Waals surface area (Å²) in [6.07, 6.45) is 1.50. The second-order valence-corrected chi connectivity index (χ2v) is 7.22. The van der Waals surface area contributed by atoms with Crippen LogP contribution in [0.25, 0.3) is 0 Å². The molecule has 3 heteroatoms. The summed E-state index contributed by atoms with van der Waals surface area (Å²) in [7, 11) is 0. The van der Waals surface area contributed by atoms with Crippen LogP contribution in [0.4, 0.5) is 0 Å². The summed E-state index contributed by atoms with van der Waals surface area (Å²) in [4.78, 5) is 2.82. The first-order chi connectivity index (χ1) is 8.58. The Morgan fingerprint density at radius 2 is 2.22 bits per heavy atom. The SMILES string of the molecule is Cc1cc(C2OCCC2CNCC(C)C)c(C)s1. The average Bonchev–Trinajstić information content (AvgIpc) is 2.84. The maximum atomic E-state index is 5.97. The second-order valence-electron chi connectivity index (χ2n) is 5.76. The number of hydrogen-bond donors (Lipinski definition) is 1. The highest BCUT2D eigenvalue weighted by Crippen LogP contribution is 2.38. The van der Waals surface area contributed by atoms with Gasteiger partial charge in [0.05, 0.1) is 6.10 Å². The van der Waals surface area contributed by atoms with E-state index in [0.717, 1.165) is 25.6 Å². The van der Waals surface area contributed by atoms with Crippen molar-refractivity contribution >= 4 is 11.3 Å². The highest BCUT2D eigenvalue weighted by atomic mass is 32.1. The molecule has 2 atom stereocenters. The van der Waals surface area contributed by atoms with Crippen LogP contribution < -0.4 is 5.32 Å². The molecule has 2 nitrogen and oxygen atoms in total. The molecule has 1 aromatic heterocycles. The van der Waals surface area contributed by atoms with Gasteiger partial charge in [-0.25, -0.2) is 0 Å². The standard InChI is InChI=1S/C15H25NOS/c1-10(2)8-16-9-13-5-6-17-15(13)14-7-11(3)18-12(14)4/h7,10,13,15-16H,5-6,8-9H2,1-4H3. The third-order valence-electron chi connectivity index (χ3n) is 3.56. The Kier molecular flexibility index (Phi) is 4.82. The minimum Gasteiger partial charge on any atom is -0.373 e. The van der Waals surface area contributed by atoms with E-state index < -0.39 is 0 Å². The summed E-state index contributed by atoms with van der Waals surface area (Å²) in [6, 6.07) is 2.31. The molecular weight excluding hydrogens is 242 g/mol. The topological polar surface area (TPSA) is 21.3 Å². The van der Waals surface area contributed by atoms with Gasteiger partial charge >= 0.3 is 0 Å². The number of ether oxygens (including phenoxy) is 1. The Morgan fingerprint density at radius 3 is 2.83 bits per heavy atom. The van der Waals surface area contributed by atoms with Gasteiger partial charge in [-0.3, -0.25) is 0 Å². The van der Waals surface area contributed by atoms with E-state index in [9.17, 15) is 0 Å². The highest BCUT2D eigenvalue weighted by molar-refractivity contribution is 7.12. The zero-order valence-corrected chi connectivity index (χ0v) is 12.8. The van der Waals surface area contributed by atoms with Gasteiger partial charge in [0, 0.05) is 28.8 Å². The third kappa shape index (κ3) is 3.34. The minimum atomic E-state index is 0.314. The minimum absolute atomic E-state index is 0.314. The Balaban J connectivity index is 1.97. The maximum Gasteiger partial charge on any atom is 0.0876 e. The first-order valence-electron chi connectivity index (χ1n) is 6.97. The monoisotopic (exact) mass is 267 g/mol. The Morgan fingerprint density at radius 1 is 1.44 bits per heavy atom. The molecule has 1 N–H and O–H groups in total. The zero-order chi connectivity index (χ0) is 13.1. The summed E-state index contributed by atoms with van der Waals surface area (Å²) < 4.78 is 5.97. The van der Waals surface area contributed by atoms with Gasteiger partial charge < -0.3 is 10.1 Å². The van der Waals surface area contributed by atoms with Crippen LogP contribution in [0.3, 0.4) is 0 Å². The first-order valence-corrected chi connectivity index (χ1v) is 7.79. The molecule has 0 saturated carbocycles. The maximum absolute atomic E-state index is 5.97. The molecule has 0 spiro atoms. The van der Waals surface area contributed by atoms with Crippen LogP contribution in [0.5, 0.6) is 0 Å². The van der Waals surface area contributed by atoms with E-state index in [-0.39, 0.29) is 0 Å². The summed E-state index contributed by atoms with van der Waals surface area (Å²) in [6.45, 7) is 12.0. The van der Waals surface area contributed by atoms with Crippen LogP contribution in [0.15, 0.2) is 6.07 Å². The zero-order valence-electron chi connectivity index (χ0n) is 12.0. The molecule has 102 valence electrons. The molecule has 0 aromatic carbocycles. The fourth-order valence-electron chi connectivity index (χ4n) is 2.68. The molecule has 1 aliphatic rings. The Labute approximate surface area is 115 Å². The predicted molar refractivity (Wildman–Crippen MR) is 78.3 cm³/mol. The van der Waals surface area contributed by atoms with Gasteiger partial charge in [0.15, 0.2) is 0 Å². The molecule has 2 rings (SSSR count). The van der Waals surface area contributed by atoms with E-state index in [2.05, 4.69) is 39.1 Å². The van der Waals surface area contributed by atoms with Gasteiger partial charge in [0.25, 0.3) is 0 Å². The fourth-order valence-corrected chi connectivity index (χ4v) is 3.64. The number of aryl methyl sites for hydroxylation is 2. The number of hydrogen-bond acceptors (Lipinski definition) is 3. The number of rotatable bonds is 5. The van der Waals surface area contributed by atoms with Gasteiger partial charge in [0.2, 0.25) is 0 Å². The average molecular weight is 267 g/mol. The van der Waals surface area contributed by atoms with Crippen molar-refractivity contribution < 1.29 is 4.74 Å². The number of nitrogens with one attached hydrogen (secondary N) is 1. The molecule has 1 saturated heterocycles. The molecule has 2 unspecified atom stereocenters. The van der Waals surface area contributed by atoms with Gasteiger partial charge in [0.1, 0.15) is 0 Å². The van der Waals surface area contributed by atoms with E-state index in [1.807, 2.05) is 11.3 Å². The van der Waals surface area contributed by atoms with Crippen molar-refractivity contribution in [2.75, 3.05) is 19.7 Å². The molecule has 1 fully saturated rings. The predicted octanol–water partition coefficient (Wildman–Crippen LogP) is 3.69. The van der Waals surface area contributed by atoms with Crippen molar-refractivity contribution in [3.8, 4) is 0 Å². The van der Waals surface area contributed by atoms with E-state index in [4.69, 9.17) is 4.74 Å². The van der Waals surface area contributed by atoms with Crippen molar-refractivity contribution in [2.45, 2.75) is 40.2 Å². The van der Waals surface area contributed by atoms with Crippen molar-refractivity contribution in [3.05, 3.63) is 21.4 Å². The Bertz CT molecular complexity index is 386. The lowest BCUT2D eigenvalue weighted by atomic mass is 9.95. The quantitative estimate of drug-likeness (QED) is 0.878. The normalized spacial score (nSPS) is 24.1. The highest BCUT2D eigenvalue weighted by Gasteiger charge is 2.31. The van der Waals surface area contributed by atoms with Gasteiger partial charge in [-0.05, 0) is 44.4 Å². The van der Waals surface area contributed by atoms with Gasteiger partial charge in [-0.15, -0.1) is 11.3 Å². The van der Waals surface area contributed by atoms with Crippen LogP contribution in [0, 0.1) is 25.7 Å². The van der Waals surface area contributed by atoms with Crippen LogP contribution >= 0.6 is 11.3 Å². The van der Waals surface area contributed by atoms with Gasteiger partial charge in [-0.2, -0.15) is 0 Å². The van der Waals surface area contributed by atoms with Crippen LogP contribution in [0.1, 0.15) is 41.7 Å². The summed E-state index contributed by atoms with van der Waals surface area (Å²) in [5.41, 5.74) is 1.42. The van der Waals surface area contributed by atoms with E-state index >= 15 is 0 Å². The lowest BCUT2D eigenvalue weighted by molar-refractivity contribution is 0.0902. The molecule has 0 radical (unpaired) electrons. The van der Waals surface area contributed by atoms with Crippen molar-refractivity contribution in [3.63, 3.8) is 0 Å². The largest absolute Gasteiger partial charge is 0.373 e.